The molecular formula is C13H26OS2. The highest BCUT2D eigenvalue weighted by molar-refractivity contribution is 8.32. The van der Waals surface area contributed by atoms with E-state index in [2.05, 4.69) is 19.6 Å². The fourth-order valence-electron chi connectivity index (χ4n) is 1.75. The van der Waals surface area contributed by atoms with Crippen LogP contribution in [0.4, 0.5) is 4.79 Å². The lowest BCUT2D eigenvalue weighted by molar-refractivity contribution is 0.277. The van der Waals surface area contributed by atoms with E-state index in [1.807, 2.05) is 0 Å². The van der Waals surface area contributed by atoms with Crippen LogP contribution in [-0.2, 0) is 0 Å². The molecule has 0 spiro atoms. The largest absolute Gasteiger partial charge is 0.275 e. The Hall–Kier alpha value is 0.370. The fourth-order valence-corrected chi connectivity index (χ4v) is 2.55. The fraction of sp³-hybridized carbons (Fsp3) is 0.923. The molecule has 96 valence electrons. The average Bonchev–Trinajstić information content (AvgIpc) is 2.25. The second-order valence-corrected chi connectivity index (χ2v) is 6.07. The Bertz CT molecular complexity index is 160. The van der Waals surface area contributed by atoms with Gasteiger partial charge in [0, 0.05) is 5.75 Å². The van der Waals surface area contributed by atoms with Crippen LogP contribution in [0.1, 0.15) is 71.1 Å². The predicted molar refractivity (Wildman–Crippen MR) is 78.7 cm³/mol. The molecule has 0 radical (unpaired) electrons. The van der Waals surface area contributed by atoms with Gasteiger partial charge >= 0.3 is 0 Å². The first-order chi connectivity index (χ1) is 7.77. The first-order valence-electron chi connectivity index (χ1n) is 6.63. The normalized spacial score (nSPS) is 10.6. The van der Waals surface area contributed by atoms with Gasteiger partial charge in [-0.15, -0.1) is 0 Å². The van der Waals surface area contributed by atoms with Gasteiger partial charge in [-0.2, -0.15) is 0 Å². The van der Waals surface area contributed by atoms with E-state index in [4.69, 9.17) is 0 Å². The summed E-state index contributed by atoms with van der Waals surface area (Å²) in [6, 6.07) is 0. The number of thioether (sulfide) groups is 1. The first kappa shape index (κ1) is 16.4. The molecule has 0 bridgehead atoms. The quantitative estimate of drug-likeness (QED) is 0.380. The summed E-state index contributed by atoms with van der Waals surface area (Å²) in [6.45, 7) is 2.26. The SMILES string of the molecule is CCCCCCCCCCCCSC(=O)S. The number of rotatable bonds is 11. The summed E-state index contributed by atoms with van der Waals surface area (Å²) >= 11 is 5.06. The molecule has 0 rings (SSSR count). The molecular weight excluding hydrogens is 236 g/mol. The maximum atomic E-state index is 10.5. The lowest BCUT2D eigenvalue weighted by atomic mass is 10.1. The molecule has 0 aromatic heterocycles. The smallest absolute Gasteiger partial charge is 0.243 e. The van der Waals surface area contributed by atoms with Crippen LogP contribution in [0.25, 0.3) is 0 Å². The summed E-state index contributed by atoms with van der Waals surface area (Å²) in [5.41, 5.74) is 0. The Morgan fingerprint density at radius 2 is 1.31 bits per heavy atom. The van der Waals surface area contributed by atoms with E-state index >= 15 is 0 Å². The van der Waals surface area contributed by atoms with Crippen molar-refractivity contribution in [2.45, 2.75) is 71.1 Å². The molecule has 16 heavy (non-hydrogen) atoms. The summed E-state index contributed by atoms with van der Waals surface area (Å²) in [4.78, 5) is 10.5. The molecule has 0 aromatic rings. The highest BCUT2D eigenvalue weighted by atomic mass is 32.2. The van der Waals surface area contributed by atoms with Crippen molar-refractivity contribution in [1.29, 1.82) is 0 Å². The molecule has 0 aliphatic carbocycles. The molecule has 0 fully saturated rings. The standard InChI is InChI=1S/C13H26OS2/c1-2-3-4-5-6-7-8-9-10-11-12-16-13(14)15/h2-12H2,1H3,(H,14,15). The van der Waals surface area contributed by atoms with E-state index in [1.54, 1.807) is 0 Å². The van der Waals surface area contributed by atoms with Crippen LogP contribution < -0.4 is 0 Å². The summed E-state index contributed by atoms with van der Waals surface area (Å²) in [6.07, 6.45) is 13.5. The van der Waals surface area contributed by atoms with Crippen molar-refractivity contribution in [3.63, 3.8) is 0 Å². The van der Waals surface area contributed by atoms with Crippen molar-refractivity contribution >= 4 is 28.8 Å². The van der Waals surface area contributed by atoms with E-state index in [0.29, 0.717) is 0 Å². The molecule has 0 aromatic carbocycles. The van der Waals surface area contributed by atoms with Crippen LogP contribution in [-0.4, -0.2) is 10.2 Å². The Labute approximate surface area is 111 Å². The zero-order valence-electron chi connectivity index (χ0n) is 10.5. The predicted octanol–water partition coefficient (Wildman–Crippen LogP) is 5.69. The van der Waals surface area contributed by atoms with E-state index in [9.17, 15) is 4.79 Å². The van der Waals surface area contributed by atoms with Crippen LogP contribution in [0.3, 0.4) is 0 Å². The molecule has 0 unspecified atom stereocenters. The molecule has 1 nitrogen and oxygen atoms in total. The number of hydrogen-bond donors (Lipinski definition) is 1. The van der Waals surface area contributed by atoms with E-state index in [0.717, 1.165) is 12.2 Å². The van der Waals surface area contributed by atoms with Gasteiger partial charge in [-0.05, 0) is 6.42 Å². The lowest BCUT2D eigenvalue weighted by Crippen LogP contribution is -1.85. The zero-order valence-corrected chi connectivity index (χ0v) is 12.3. The minimum Gasteiger partial charge on any atom is -0.275 e. The summed E-state index contributed by atoms with van der Waals surface area (Å²) in [5, 5.41) is 0. The second-order valence-electron chi connectivity index (χ2n) is 4.30. The second kappa shape index (κ2) is 13.4. The molecule has 0 aliphatic heterocycles. The van der Waals surface area contributed by atoms with Crippen molar-refractivity contribution in [3.05, 3.63) is 0 Å². The summed E-state index contributed by atoms with van der Waals surface area (Å²) in [7, 11) is 0. The molecule has 0 N–H and O–H groups in total. The number of carbonyl (C=O) groups excluding carboxylic acids is 1. The van der Waals surface area contributed by atoms with Crippen LogP contribution >= 0.6 is 24.4 Å². The third-order valence-electron chi connectivity index (χ3n) is 2.72. The Kier molecular flexibility index (Phi) is 13.7. The molecule has 0 saturated heterocycles. The van der Waals surface area contributed by atoms with Crippen molar-refractivity contribution in [3.8, 4) is 0 Å². The number of thiol groups is 1. The topological polar surface area (TPSA) is 17.1 Å². The minimum absolute atomic E-state index is 0.0454. The van der Waals surface area contributed by atoms with Gasteiger partial charge in [-0.3, -0.25) is 4.79 Å². The highest BCUT2D eigenvalue weighted by Gasteiger charge is 1.95. The maximum absolute atomic E-state index is 10.5. The first-order valence-corrected chi connectivity index (χ1v) is 8.06. The lowest BCUT2D eigenvalue weighted by Gasteiger charge is -2.01. The molecule has 0 heterocycles. The summed E-state index contributed by atoms with van der Waals surface area (Å²) < 4.78 is -0.0454. The number of hydrogen-bond acceptors (Lipinski definition) is 2. The molecule has 0 amide bonds. The van der Waals surface area contributed by atoms with E-state index in [1.165, 1.54) is 69.5 Å². The highest BCUT2D eigenvalue weighted by Crippen LogP contribution is 2.13. The van der Waals surface area contributed by atoms with Gasteiger partial charge in [0.1, 0.15) is 0 Å². The van der Waals surface area contributed by atoms with Gasteiger partial charge in [0.05, 0.1) is 0 Å². The van der Waals surface area contributed by atoms with E-state index in [-0.39, 0.29) is 4.45 Å². The average molecular weight is 262 g/mol. The molecule has 0 aliphatic rings. The monoisotopic (exact) mass is 262 g/mol. The van der Waals surface area contributed by atoms with Crippen molar-refractivity contribution in [2.24, 2.45) is 0 Å². The maximum Gasteiger partial charge on any atom is 0.243 e. The van der Waals surface area contributed by atoms with Gasteiger partial charge in [-0.1, -0.05) is 89.1 Å². The van der Waals surface area contributed by atoms with Crippen LogP contribution in [0.2, 0.25) is 0 Å². The van der Waals surface area contributed by atoms with Crippen molar-refractivity contribution < 1.29 is 4.79 Å². The van der Waals surface area contributed by atoms with Gasteiger partial charge < -0.3 is 0 Å². The third kappa shape index (κ3) is 14.4. The van der Waals surface area contributed by atoms with Gasteiger partial charge in [0.25, 0.3) is 0 Å². The third-order valence-corrected chi connectivity index (χ3v) is 3.85. The molecule has 0 saturated carbocycles. The van der Waals surface area contributed by atoms with Crippen LogP contribution in [0.5, 0.6) is 0 Å². The number of carbonyl (C=O) groups is 1. The van der Waals surface area contributed by atoms with Crippen molar-refractivity contribution in [1.82, 2.24) is 0 Å². The molecule has 0 atom stereocenters. The minimum atomic E-state index is -0.0454. The zero-order chi connectivity index (χ0) is 12.1. The van der Waals surface area contributed by atoms with Gasteiger partial charge in [-0.25, -0.2) is 0 Å². The van der Waals surface area contributed by atoms with E-state index < -0.39 is 0 Å². The number of unbranched alkanes of at least 4 members (excludes halogenated alkanes) is 9. The van der Waals surface area contributed by atoms with Crippen LogP contribution in [0, 0.1) is 0 Å². The Balaban J connectivity index is 2.90. The van der Waals surface area contributed by atoms with Crippen molar-refractivity contribution in [2.75, 3.05) is 5.75 Å². The Morgan fingerprint density at radius 3 is 1.75 bits per heavy atom. The Morgan fingerprint density at radius 1 is 0.875 bits per heavy atom. The van der Waals surface area contributed by atoms with Gasteiger partial charge in [0.2, 0.25) is 4.45 Å². The molecule has 3 heteroatoms. The van der Waals surface area contributed by atoms with Gasteiger partial charge in [0.15, 0.2) is 0 Å². The summed E-state index contributed by atoms with van der Waals surface area (Å²) in [5.74, 6) is 0.943. The van der Waals surface area contributed by atoms with Crippen LogP contribution in [0.15, 0.2) is 0 Å².